The first-order chi connectivity index (χ1) is 8.72. The number of likely N-dealkylation sites (tertiary alicyclic amines) is 1. The van der Waals surface area contributed by atoms with Crippen LogP contribution in [0.1, 0.15) is 24.0 Å². The van der Waals surface area contributed by atoms with Crippen LogP contribution in [-0.4, -0.2) is 35.1 Å². The Morgan fingerprint density at radius 3 is 3.00 bits per heavy atom. The van der Waals surface area contributed by atoms with Crippen LogP contribution >= 0.6 is 0 Å². The second kappa shape index (κ2) is 5.83. The van der Waals surface area contributed by atoms with E-state index >= 15 is 0 Å². The number of hydrogen-bond acceptors (Lipinski definition) is 2. The molecule has 0 radical (unpaired) electrons. The molecule has 2 rings (SSSR count). The molecule has 3 heteroatoms. The van der Waals surface area contributed by atoms with E-state index in [4.69, 9.17) is 0 Å². The molecule has 0 aliphatic carbocycles. The van der Waals surface area contributed by atoms with Crippen LogP contribution in [0.4, 0.5) is 0 Å². The van der Waals surface area contributed by atoms with Crippen molar-refractivity contribution in [3.05, 3.63) is 41.5 Å². The average molecular weight is 245 g/mol. The number of rotatable bonds is 3. The lowest BCUT2D eigenvalue weighted by molar-refractivity contribution is -0.127. The van der Waals surface area contributed by atoms with Crippen molar-refractivity contribution in [2.75, 3.05) is 13.2 Å². The molecule has 1 atom stereocenters. The highest BCUT2D eigenvalue weighted by atomic mass is 16.3. The number of amides is 1. The minimum Gasteiger partial charge on any atom is -0.394 e. The summed E-state index contributed by atoms with van der Waals surface area (Å²) in [5, 5.41) is 9.20. The van der Waals surface area contributed by atoms with Gasteiger partial charge >= 0.3 is 0 Å². The summed E-state index contributed by atoms with van der Waals surface area (Å²) in [6.07, 6.45) is 5.34. The van der Waals surface area contributed by atoms with Gasteiger partial charge in [0.05, 0.1) is 12.6 Å². The van der Waals surface area contributed by atoms with Crippen LogP contribution < -0.4 is 0 Å². The molecule has 3 nitrogen and oxygen atoms in total. The molecule has 96 valence electrons. The predicted octanol–water partition coefficient (Wildman–Crippen LogP) is 1.99. The van der Waals surface area contributed by atoms with Gasteiger partial charge in [-0.25, -0.2) is 0 Å². The molecular weight excluding hydrogens is 226 g/mol. The normalized spacial score (nSPS) is 19.7. The second-order valence-corrected chi connectivity index (χ2v) is 4.70. The second-order valence-electron chi connectivity index (χ2n) is 4.70. The lowest BCUT2D eigenvalue weighted by Crippen LogP contribution is -2.36. The van der Waals surface area contributed by atoms with E-state index in [1.54, 1.807) is 11.0 Å². The van der Waals surface area contributed by atoms with Crippen LogP contribution in [0.15, 0.2) is 30.3 Å². The fourth-order valence-corrected chi connectivity index (χ4v) is 2.35. The summed E-state index contributed by atoms with van der Waals surface area (Å²) in [5.41, 5.74) is 2.22. The summed E-state index contributed by atoms with van der Waals surface area (Å²) in [5.74, 6) is -0.00481. The topological polar surface area (TPSA) is 40.5 Å². The van der Waals surface area contributed by atoms with Crippen molar-refractivity contribution in [3.63, 3.8) is 0 Å². The number of hydrogen-bond donors (Lipinski definition) is 1. The number of aliphatic hydroxyl groups excluding tert-OH is 1. The zero-order chi connectivity index (χ0) is 13.0. The van der Waals surface area contributed by atoms with E-state index in [0.717, 1.165) is 30.5 Å². The summed E-state index contributed by atoms with van der Waals surface area (Å²) < 4.78 is 0. The number of nitrogens with zero attached hydrogens (tertiary/aromatic N) is 1. The lowest BCUT2D eigenvalue weighted by atomic mass is 10.1. The summed E-state index contributed by atoms with van der Waals surface area (Å²) in [4.78, 5) is 13.8. The first-order valence-corrected chi connectivity index (χ1v) is 6.37. The zero-order valence-electron chi connectivity index (χ0n) is 10.7. The van der Waals surface area contributed by atoms with Gasteiger partial charge in [0.2, 0.25) is 5.91 Å². The van der Waals surface area contributed by atoms with E-state index in [1.807, 2.05) is 37.3 Å². The van der Waals surface area contributed by atoms with Gasteiger partial charge in [-0.3, -0.25) is 4.79 Å². The SMILES string of the molecule is Cc1ccccc1C=CC(=O)N1CCC[C@@H]1CO. The molecular formula is C15H19NO2. The summed E-state index contributed by atoms with van der Waals surface area (Å²) in [6.45, 7) is 2.84. The number of aliphatic hydroxyl groups is 1. The predicted molar refractivity (Wildman–Crippen MR) is 72.0 cm³/mol. The van der Waals surface area contributed by atoms with Gasteiger partial charge in [-0.05, 0) is 37.0 Å². The molecule has 1 heterocycles. The Hall–Kier alpha value is -1.61. The fourth-order valence-electron chi connectivity index (χ4n) is 2.35. The summed E-state index contributed by atoms with van der Waals surface area (Å²) >= 11 is 0. The fraction of sp³-hybridized carbons (Fsp3) is 0.400. The average Bonchev–Trinajstić information content (AvgIpc) is 2.86. The largest absolute Gasteiger partial charge is 0.394 e. The Morgan fingerprint density at radius 2 is 2.28 bits per heavy atom. The number of carbonyl (C=O) groups is 1. The van der Waals surface area contributed by atoms with Crippen molar-refractivity contribution in [1.29, 1.82) is 0 Å². The van der Waals surface area contributed by atoms with Crippen molar-refractivity contribution < 1.29 is 9.90 Å². The summed E-state index contributed by atoms with van der Waals surface area (Å²) in [6, 6.07) is 7.96. The Labute approximate surface area is 108 Å². The molecule has 1 saturated heterocycles. The van der Waals surface area contributed by atoms with Gasteiger partial charge in [-0.15, -0.1) is 0 Å². The van der Waals surface area contributed by atoms with Gasteiger partial charge in [0.15, 0.2) is 0 Å². The highest BCUT2D eigenvalue weighted by Gasteiger charge is 2.26. The van der Waals surface area contributed by atoms with Crippen LogP contribution in [0.3, 0.4) is 0 Å². The van der Waals surface area contributed by atoms with Crippen LogP contribution in [0.5, 0.6) is 0 Å². The molecule has 0 unspecified atom stereocenters. The molecule has 0 spiro atoms. The third kappa shape index (κ3) is 2.79. The first-order valence-electron chi connectivity index (χ1n) is 6.37. The Morgan fingerprint density at radius 1 is 1.50 bits per heavy atom. The number of benzene rings is 1. The van der Waals surface area contributed by atoms with Gasteiger partial charge in [-0.2, -0.15) is 0 Å². The van der Waals surface area contributed by atoms with Gasteiger partial charge in [0.1, 0.15) is 0 Å². The van der Waals surface area contributed by atoms with E-state index in [-0.39, 0.29) is 18.6 Å². The maximum Gasteiger partial charge on any atom is 0.246 e. The highest BCUT2D eigenvalue weighted by molar-refractivity contribution is 5.92. The van der Waals surface area contributed by atoms with Gasteiger partial charge in [0.25, 0.3) is 0 Å². The smallest absolute Gasteiger partial charge is 0.246 e. The minimum absolute atomic E-state index is 0.000907. The van der Waals surface area contributed by atoms with Crippen molar-refractivity contribution in [1.82, 2.24) is 4.90 Å². The molecule has 1 aromatic carbocycles. The van der Waals surface area contributed by atoms with Gasteiger partial charge < -0.3 is 10.0 Å². The molecule has 1 aliphatic rings. The van der Waals surface area contributed by atoms with E-state index in [1.165, 1.54) is 0 Å². The number of aryl methyl sites for hydroxylation is 1. The number of carbonyl (C=O) groups excluding carboxylic acids is 1. The zero-order valence-corrected chi connectivity index (χ0v) is 10.7. The molecule has 0 saturated carbocycles. The molecule has 1 amide bonds. The van der Waals surface area contributed by atoms with Crippen molar-refractivity contribution in [2.45, 2.75) is 25.8 Å². The Bertz CT molecular complexity index is 454. The van der Waals surface area contributed by atoms with Crippen LogP contribution in [0, 0.1) is 6.92 Å². The lowest BCUT2D eigenvalue weighted by Gasteiger charge is -2.21. The third-order valence-corrected chi connectivity index (χ3v) is 3.46. The molecule has 1 aliphatic heterocycles. The molecule has 1 N–H and O–H groups in total. The quantitative estimate of drug-likeness (QED) is 0.827. The van der Waals surface area contributed by atoms with Gasteiger partial charge in [0, 0.05) is 12.6 Å². The van der Waals surface area contributed by atoms with E-state index in [0.29, 0.717) is 0 Å². The standard InChI is InChI=1S/C15H19NO2/c1-12-5-2-3-6-13(12)8-9-15(18)16-10-4-7-14(16)11-17/h2-3,5-6,8-9,14,17H,4,7,10-11H2,1H3/t14-/m1/s1. The van der Waals surface area contributed by atoms with Crippen LogP contribution in [0.25, 0.3) is 6.08 Å². The van der Waals surface area contributed by atoms with Crippen molar-refractivity contribution >= 4 is 12.0 Å². The monoisotopic (exact) mass is 245 g/mol. The maximum atomic E-state index is 12.0. The molecule has 0 aromatic heterocycles. The van der Waals surface area contributed by atoms with E-state index in [9.17, 15) is 9.90 Å². The molecule has 18 heavy (non-hydrogen) atoms. The molecule has 0 bridgehead atoms. The Kier molecular flexibility index (Phi) is 4.15. The first kappa shape index (κ1) is 12.8. The van der Waals surface area contributed by atoms with E-state index < -0.39 is 0 Å². The summed E-state index contributed by atoms with van der Waals surface area (Å²) in [7, 11) is 0. The van der Waals surface area contributed by atoms with Crippen molar-refractivity contribution in [2.24, 2.45) is 0 Å². The van der Waals surface area contributed by atoms with Crippen molar-refractivity contribution in [3.8, 4) is 0 Å². The maximum absolute atomic E-state index is 12.0. The van der Waals surface area contributed by atoms with E-state index in [2.05, 4.69) is 0 Å². The van der Waals surface area contributed by atoms with Crippen LogP contribution in [0.2, 0.25) is 0 Å². The molecule has 1 fully saturated rings. The van der Waals surface area contributed by atoms with Crippen LogP contribution in [-0.2, 0) is 4.79 Å². The third-order valence-electron chi connectivity index (χ3n) is 3.46. The van der Waals surface area contributed by atoms with Gasteiger partial charge in [-0.1, -0.05) is 24.3 Å². The molecule has 1 aromatic rings. The minimum atomic E-state index is -0.00481. The Balaban J connectivity index is 2.05. The highest BCUT2D eigenvalue weighted by Crippen LogP contribution is 2.17.